The Labute approximate surface area is 188 Å². The van der Waals surface area contributed by atoms with E-state index in [1.165, 1.54) is 0 Å². The van der Waals surface area contributed by atoms with Gasteiger partial charge in [0.05, 0.1) is 35.5 Å². The predicted molar refractivity (Wildman–Crippen MR) is 125 cm³/mol. The maximum absolute atomic E-state index is 6.00. The lowest BCUT2D eigenvalue weighted by atomic mass is 10.1. The maximum atomic E-state index is 6.00. The molecule has 2 aromatic carbocycles. The van der Waals surface area contributed by atoms with E-state index in [1.807, 2.05) is 18.2 Å². The van der Waals surface area contributed by atoms with Gasteiger partial charge in [-0.25, -0.2) is 0 Å². The van der Waals surface area contributed by atoms with Crippen molar-refractivity contribution in [3.63, 3.8) is 0 Å². The highest BCUT2D eigenvalue weighted by Crippen LogP contribution is 2.39. The number of ether oxygens (including phenoxy) is 5. The van der Waals surface area contributed by atoms with Crippen LogP contribution < -0.4 is 34.7 Å². The molecule has 0 aliphatic rings. The minimum Gasteiger partial charge on any atom is -0.493 e. The molecule has 0 aromatic heterocycles. The van der Waals surface area contributed by atoms with Gasteiger partial charge in [-0.2, -0.15) is 0 Å². The molecule has 2 rings (SSSR count). The number of hydrogen-bond donors (Lipinski definition) is 2. The van der Waals surface area contributed by atoms with Gasteiger partial charge >= 0.3 is 0 Å². The maximum Gasteiger partial charge on any atom is 0.203 e. The minimum atomic E-state index is 0. The second-order valence-corrected chi connectivity index (χ2v) is 5.71. The number of rotatable bonds is 9. The van der Waals surface area contributed by atoms with Crippen molar-refractivity contribution in [2.24, 2.45) is 10.7 Å². The summed E-state index contributed by atoms with van der Waals surface area (Å²) in [6, 6.07) is 9.18. The quantitative estimate of drug-likeness (QED) is 0.299. The van der Waals surface area contributed by atoms with Crippen molar-refractivity contribution in [1.82, 2.24) is 0 Å². The van der Waals surface area contributed by atoms with Crippen LogP contribution in [-0.2, 0) is 6.42 Å². The molecule has 0 amide bonds. The Kier molecular flexibility index (Phi) is 10.2. The number of anilines is 1. The molecule has 0 radical (unpaired) electrons. The van der Waals surface area contributed by atoms with Crippen molar-refractivity contribution in [3.05, 3.63) is 35.9 Å². The molecule has 0 bridgehead atoms. The highest BCUT2D eigenvalue weighted by molar-refractivity contribution is 14.0. The molecule has 0 fully saturated rings. The zero-order valence-electron chi connectivity index (χ0n) is 17.3. The molecule has 0 heterocycles. The molecular weight excluding hydrogens is 489 g/mol. The van der Waals surface area contributed by atoms with Gasteiger partial charge in [-0.15, -0.1) is 24.0 Å². The number of nitrogens with two attached hydrogens (primary N) is 1. The average molecular weight is 517 g/mol. The lowest BCUT2D eigenvalue weighted by Crippen LogP contribution is -2.23. The second kappa shape index (κ2) is 12.1. The van der Waals surface area contributed by atoms with E-state index in [4.69, 9.17) is 29.4 Å². The van der Waals surface area contributed by atoms with Crippen molar-refractivity contribution < 1.29 is 23.7 Å². The smallest absolute Gasteiger partial charge is 0.203 e. The van der Waals surface area contributed by atoms with Gasteiger partial charge < -0.3 is 34.7 Å². The van der Waals surface area contributed by atoms with Gasteiger partial charge in [0.2, 0.25) is 5.75 Å². The minimum absolute atomic E-state index is 0. The molecule has 29 heavy (non-hydrogen) atoms. The van der Waals surface area contributed by atoms with E-state index in [0.717, 1.165) is 11.3 Å². The van der Waals surface area contributed by atoms with Crippen molar-refractivity contribution in [3.8, 4) is 28.7 Å². The molecule has 9 heteroatoms. The lowest BCUT2D eigenvalue weighted by Gasteiger charge is -2.15. The number of nitrogens with zero attached hydrogens (tertiary/aromatic N) is 1. The Balaban J connectivity index is 0.00000420. The van der Waals surface area contributed by atoms with Crippen LogP contribution in [-0.4, -0.2) is 48.1 Å². The van der Waals surface area contributed by atoms with E-state index in [2.05, 4.69) is 10.3 Å². The van der Waals surface area contributed by atoms with Crippen molar-refractivity contribution in [1.29, 1.82) is 0 Å². The SMILES string of the molecule is COc1ccc(NC(N)=NCCc2ccc(OC)c(OC)c2OC)cc1OC.I. The van der Waals surface area contributed by atoms with Crippen molar-refractivity contribution in [2.75, 3.05) is 47.4 Å². The Bertz CT molecular complexity index is 830. The number of nitrogens with one attached hydrogen (secondary N) is 1. The normalized spacial score (nSPS) is 10.6. The molecule has 0 atom stereocenters. The van der Waals surface area contributed by atoms with Crippen LogP contribution in [0.3, 0.4) is 0 Å². The number of aliphatic imine (C=N–C) groups is 1. The van der Waals surface area contributed by atoms with Crippen LogP contribution in [0.25, 0.3) is 0 Å². The second-order valence-electron chi connectivity index (χ2n) is 5.71. The van der Waals surface area contributed by atoms with Gasteiger partial charge in [-0.1, -0.05) is 6.07 Å². The zero-order chi connectivity index (χ0) is 20.5. The Morgan fingerprint density at radius 3 is 2.03 bits per heavy atom. The summed E-state index contributed by atoms with van der Waals surface area (Å²) < 4.78 is 26.7. The molecule has 0 spiro atoms. The summed E-state index contributed by atoms with van der Waals surface area (Å²) in [5, 5.41) is 3.04. The van der Waals surface area contributed by atoms with Gasteiger partial charge in [0.25, 0.3) is 0 Å². The first-order valence-electron chi connectivity index (χ1n) is 8.64. The highest BCUT2D eigenvalue weighted by atomic mass is 127. The summed E-state index contributed by atoms with van der Waals surface area (Å²) in [7, 11) is 7.92. The largest absolute Gasteiger partial charge is 0.493 e. The van der Waals surface area contributed by atoms with E-state index in [-0.39, 0.29) is 24.0 Å². The van der Waals surface area contributed by atoms with E-state index >= 15 is 0 Å². The molecular formula is C20H28IN3O5. The van der Waals surface area contributed by atoms with E-state index in [9.17, 15) is 0 Å². The molecule has 160 valence electrons. The fourth-order valence-electron chi connectivity index (χ4n) is 2.76. The zero-order valence-corrected chi connectivity index (χ0v) is 19.6. The highest BCUT2D eigenvalue weighted by Gasteiger charge is 2.15. The predicted octanol–water partition coefficient (Wildman–Crippen LogP) is 3.32. The summed E-state index contributed by atoms with van der Waals surface area (Å²) >= 11 is 0. The number of halogens is 1. The van der Waals surface area contributed by atoms with Gasteiger partial charge in [-0.05, 0) is 24.6 Å². The number of methoxy groups -OCH3 is 5. The third-order valence-electron chi connectivity index (χ3n) is 4.10. The molecule has 0 aliphatic carbocycles. The monoisotopic (exact) mass is 517 g/mol. The molecule has 0 unspecified atom stereocenters. The van der Waals surface area contributed by atoms with Crippen LogP contribution >= 0.6 is 24.0 Å². The van der Waals surface area contributed by atoms with Crippen LogP contribution in [0.4, 0.5) is 5.69 Å². The van der Waals surface area contributed by atoms with Gasteiger partial charge in [-0.3, -0.25) is 4.99 Å². The van der Waals surface area contributed by atoms with Gasteiger partial charge in [0, 0.05) is 23.9 Å². The van der Waals surface area contributed by atoms with Crippen molar-refractivity contribution >= 4 is 35.6 Å². The van der Waals surface area contributed by atoms with Crippen molar-refractivity contribution in [2.45, 2.75) is 6.42 Å². The van der Waals surface area contributed by atoms with E-state index in [1.54, 1.807) is 47.7 Å². The fraction of sp³-hybridized carbons (Fsp3) is 0.350. The topological polar surface area (TPSA) is 96.6 Å². The third-order valence-corrected chi connectivity index (χ3v) is 4.10. The Hall–Kier alpha value is -2.56. The van der Waals surface area contributed by atoms with Crippen LogP contribution in [0, 0.1) is 0 Å². The standard InChI is InChI=1S/C20H27N3O5.HI/c1-24-15-9-7-14(12-17(15)26-3)23-20(21)22-11-10-13-6-8-16(25-2)19(28-5)18(13)27-4;/h6-9,12H,10-11H2,1-5H3,(H3,21,22,23);1H. The molecule has 0 saturated carbocycles. The summed E-state index contributed by atoms with van der Waals surface area (Å²) in [5.74, 6) is 3.35. The Morgan fingerprint density at radius 1 is 0.828 bits per heavy atom. The van der Waals surface area contributed by atoms with Crippen LogP contribution in [0.15, 0.2) is 35.3 Å². The first-order valence-corrected chi connectivity index (χ1v) is 8.64. The average Bonchev–Trinajstić information content (AvgIpc) is 2.72. The molecule has 0 saturated heterocycles. The lowest BCUT2D eigenvalue weighted by molar-refractivity contribution is 0.322. The summed E-state index contributed by atoms with van der Waals surface area (Å²) in [6.45, 7) is 0.470. The van der Waals surface area contributed by atoms with Crippen LogP contribution in [0.1, 0.15) is 5.56 Å². The molecule has 8 nitrogen and oxygen atoms in total. The number of guanidine groups is 1. The van der Waals surface area contributed by atoms with E-state index < -0.39 is 0 Å². The number of benzene rings is 2. The first-order chi connectivity index (χ1) is 13.6. The van der Waals surface area contributed by atoms with Gasteiger partial charge in [0.1, 0.15) is 0 Å². The molecule has 3 N–H and O–H groups in total. The molecule has 0 aliphatic heterocycles. The summed E-state index contributed by atoms with van der Waals surface area (Å²) in [6.07, 6.45) is 0.623. The molecule has 2 aromatic rings. The first kappa shape index (κ1) is 24.5. The fourth-order valence-corrected chi connectivity index (χ4v) is 2.76. The third kappa shape index (κ3) is 6.21. The van der Waals surface area contributed by atoms with E-state index in [0.29, 0.717) is 47.7 Å². The number of hydrogen-bond acceptors (Lipinski definition) is 6. The summed E-state index contributed by atoms with van der Waals surface area (Å²) in [4.78, 5) is 4.37. The Morgan fingerprint density at radius 2 is 1.45 bits per heavy atom. The summed E-state index contributed by atoms with van der Waals surface area (Å²) in [5.41, 5.74) is 7.69. The van der Waals surface area contributed by atoms with Crippen LogP contribution in [0.2, 0.25) is 0 Å². The van der Waals surface area contributed by atoms with Gasteiger partial charge in [0.15, 0.2) is 29.0 Å². The van der Waals surface area contributed by atoms with Crippen LogP contribution in [0.5, 0.6) is 28.7 Å².